The zero-order chi connectivity index (χ0) is 19.2. The lowest BCUT2D eigenvalue weighted by atomic mass is 10.1. The summed E-state index contributed by atoms with van der Waals surface area (Å²) in [5, 5.41) is 10.6. The highest BCUT2D eigenvalue weighted by atomic mass is 16.3. The number of phenolic OH excluding ortho intramolecular Hbond substituents is 1. The van der Waals surface area contributed by atoms with Crippen molar-refractivity contribution in [3.8, 4) is 17.1 Å². The van der Waals surface area contributed by atoms with Crippen LogP contribution in [0.3, 0.4) is 0 Å². The van der Waals surface area contributed by atoms with Gasteiger partial charge < -0.3 is 14.4 Å². The number of nitrogens with zero attached hydrogens (tertiary/aromatic N) is 1. The van der Waals surface area contributed by atoms with Gasteiger partial charge in [-0.25, -0.2) is 0 Å². The molecule has 0 radical (unpaired) electrons. The van der Waals surface area contributed by atoms with E-state index in [0.29, 0.717) is 11.9 Å². The van der Waals surface area contributed by atoms with Crippen molar-refractivity contribution in [2.45, 2.75) is 39.5 Å². The second kappa shape index (κ2) is 8.76. The highest BCUT2D eigenvalue weighted by Crippen LogP contribution is 2.32. The molecule has 0 fully saturated rings. The van der Waals surface area contributed by atoms with E-state index in [1.807, 2.05) is 6.07 Å². The number of rotatable bonds is 9. The quantitative estimate of drug-likeness (QED) is 0.471. The summed E-state index contributed by atoms with van der Waals surface area (Å²) in [6.07, 6.45) is 5.41. The average Bonchev–Trinajstić information content (AvgIpc) is 3.10. The van der Waals surface area contributed by atoms with E-state index in [4.69, 9.17) is 4.42 Å². The lowest BCUT2D eigenvalue weighted by molar-refractivity contribution is 0.112. The number of furan rings is 1. The molecule has 1 heterocycles. The third-order valence-corrected chi connectivity index (χ3v) is 4.87. The number of phenols is 1. The molecule has 0 amide bonds. The van der Waals surface area contributed by atoms with Gasteiger partial charge in [-0.05, 0) is 49.2 Å². The monoisotopic (exact) mass is 365 g/mol. The van der Waals surface area contributed by atoms with E-state index in [-0.39, 0.29) is 11.3 Å². The van der Waals surface area contributed by atoms with Crippen molar-refractivity contribution in [2.75, 3.05) is 18.0 Å². The van der Waals surface area contributed by atoms with Gasteiger partial charge in [0.05, 0.1) is 5.56 Å². The van der Waals surface area contributed by atoms with Gasteiger partial charge in [-0.15, -0.1) is 0 Å². The number of hydrogen-bond acceptors (Lipinski definition) is 4. The first-order chi connectivity index (χ1) is 13.2. The Morgan fingerprint density at radius 3 is 2.26 bits per heavy atom. The lowest BCUT2D eigenvalue weighted by Crippen LogP contribution is -2.25. The SMILES string of the molecule is CCCCN(CCCC)c1ccc(-c2cc3cc(C=O)c(O)cc3o2)cc1. The standard InChI is InChI=1S/C23H27NO3/c1-3-5-11-24(12-6-4-2)20-9-7-17(8-10-20)22-14-18-13-19(16-25)21(26)15-23(18)27-22/h7-10,13-16,26H,3-6,11-12H2,1-2H3. The van der Waals surface area contributed by atoms with Gasteiger partial charge in [-0.3, -0.25) is 4.79 Å². The predicted octanol–water partition coefficient (Wildman–Crippen LogP) is 6.02. The minimum atomic E-state index is -0.0590. The molecule has 4 nitrogen and oxygen atoms in total. The van der Waals surface area contributed by atoms with Crippen LogP contribution in [0, 0.1) is 0 Å². The summed E-state index contributed by atoms with van der Waals surface area (Å²) in [6.45, 7) is 6.59. The van der Waals surface area contributed by atoms with Crippen LogP contribution >= 0.6 is 0 Å². The van der Waals surface area contributed by atoms with Crippen LogP contribution in [0.5, 0.6) is 5.75 Å². The third kappa shape index (κ3) is 4.33. The van der Waals surface area contributed by atoms with E-state index in [9.17, 15) is 9.90 Å². The second-order valence-electron chi connectivity index (χ2n) is 6.92. The minimum Gasteiger partial charge on any atom is -0.507 e. The third-order valence-electron chi connectivity index (χ3n) is 4.87. The van der Waals surface area contributed by atoms with Crippen LogP contribution in [0.15, 0.2) is 46.9 Å². The van der Waals surface area contributed by atoms with Gasteiger partial charge in [0, 0.05) is 35.8 Å². The molecule has 1 N–H and O–H groups in total. The highest BCUT2D eigenvalue weighted by molar-refractivity contribution is 5.91. The molecule has 0 atom stereocenters. The Morgan fingerprint density at radius 1 is 1.00 bits per heavy atom. The fourth-order valence-electron chi connectivity index (χ4n) is 3.23. The molecule has 0 aliphatic rings. The van der Waals surface area contributed by atoms with Crippen molar-refractivity contribution >= 4 is 22.9 Å². The largest absolute Gasteiger partial charge is 0.507 e. The van der Waals surface area contributed by atoms with Crippen LogP contribution in [0.4, 0.5) is 5.69 Å². The Bertz CT molecular complexity index is 888. The van der Waals surface area contributed by atoms with Crippen LogP contribution in [0.1, 0.15) is 49.9 Å². The summed E-state index contributed by atoms with van der Waals surface area (Å²) in [5.74, 6) is 0.670. The molecule has 0 aliphatic carbocycles. The molecule has 142 valence electrons. The summed E-state index contributed by atoms with van der Waals surface area (Å²) in [4.78, 5) is 13.5. The summed E-state index contributed by atoms with van der Waals surface area (Å²) < 4.78 is 5.88. The number of aromatic hydroxyl groups is 1. The summed E-state index contributed by atoms with van der Waals surface area (Å²) in [7, 11) is 0. The minimum absolute atomic E-state index is 0.0590. The van der Waals surface area contributed by atoms with Crippen molar-refractivity contribution in [1.82, 2.24) is 0 Å². The molecule has 2 aromatic carbocycles. The number of anilines is 1. The van der Waals surface area contributed by atoms with Gasteiger partial charge >= 0.3 is 0 Å². The molecule has 0 spiro atoms. The summed E-state index contributed by atoms with van der Waals surface area (Å²) >= 11 is 0. The number of carbonyl (C=O) groups excluding carboxylic acids is 1. The predicted molar refractivity (Wildman–Crippen MR) is 111 cm³/mol. The first kappa shape index (κ1) is 19.0. The Balaban J connectivity index is 1.85. The van der Waals surface area contributed by atoms with Crippen LogP contribution in [0.2, 0.25) is 0 Å². The summed E-state index contributed by atoms with van der Waals surface area (Å²) in [5.41, 5.74) is 3.06. The molecule has 27 heavy (non-hydrogen) atoms. The van der Waals surface area contributed by atoms with Crippen molar-refractivity contribution in [3.05, 3.63) is 48.0 Å². The first-order valence-electron chi connectivity index (χ1n) is 9.73. The van der Waals surface area contributed by atoms with Crippen LogP contribution in [0.25, 0.3) is 22.3 Å². The van der Waals surface area contributed by atoms with Gasteiger partial charge in [-0.2, -0.15) is 0 Å². The van der Waals surface area contributed by atoms with Crippen molar-refractivity contribution in [2.24, 2.45) is 0 Å². The molecule has 0 bridgehead atoms. The lowest BCUT2D eigenvalue weighted by Gasteiger charge is -2.24. The normalized spacial score (nSPS) is 11.0. The number of aldehydes is 1. The molecule has 3 aromatic rings. The maximum atomic E-state index is 11.0. The smallest absolute Gasteiger partial charge is 0.153 e. The molecule has 4 heteroatoms. The molecule has 3 rings (SSSR count). The van der Waals surface area contributed by atoms with Crippen molar-refractivity contribution in [1.29, 1.82) is 0 Å². The second-order valence-corrected chi connectivity index (χ2v) is 6.92. The molecule has 0 unspecified atom stereocenters. The maximum Gasteiger partial charge on any atom is 0.153 e. The van der Waals surface area contributed by atoms with Crippen molar-refractivity contribution in [3.63, 3.8) is 0 Å². The van der Waals surface area contributed by atoms with Gasteiger partial charge in [0.1, 0.15) is 17.1 Å². The van der Waals surface area contributed by atoms with E-state index >= 15 is 0 Å². The van der Waals surface area contributed by atoms with Gasteiger partial charge in [0.25, 0.3) is 0 Å². The average molecular weight is 365 g/mol. The number of hydrogen-bond donors (Lipinski definition) is 1. The van der Waals surface area contributed by atoms with Gasteiger partial charge in [0.15, 0.2) is 6.29 Å². The Morgan fingerprint density at radius 2 is 1.67 bits per heavy atom. The Hall–Kier alpha value is -2.75. The van der Waals surface area contributed by atoms with Gasteiger partial charge in [-0.1, -0.05) is 26.7 Å². The zero-order valence-electron chi connectivity index (χ0n) is 16.1. The van der Waals surface area contributed by atoms with Gasteiger partial charge in [0.2, 0.25) is 0 Å². The molecule has 0 aliphatic heterocycles. The summed E-state index contributed by atoms with van der Waals surface area (Å²) in [6, 6.07) is 13.5. The van der Waals surface area contributed by atoms with E-state index in [1.165, 1.54) is 37.4 Å². The number of unbranched alkanes of at least 4 members (excludes halogenated alkanes) is 2. The number of fused-ring (bicyclic) bond motifs is 1. The molecule has 0 saturated heterocycles. The fourth-order valence-corrected chi connectivity index (χ4v) is 3.23. The molecule has 1 aromatic heterocycles. The highest BCUT2D eigenvalue weighted by Gasteiger charge is 2.11. The molecular weight excluding hydrogens is 338 g/mol. The number of benzene rings is 2. The molecular formula is C23H27NO3. The van der Waals surface area contributed by atoms with Crippen LogP contribution in [-0.4, -0.2) is 24.5 Å². The molecule has 0 saturated carbocycles. The zero-order valence-corrected chi connectivity index (χ0v) is 16.1. The fraction of sp³-hybridized carbons (Fsp3) is 0.348. The van der Waals surface area contributed by atoms with E-state index in [2.05, 4.69) is 43.0 Å². The van der Waals surface area contributed by atoms with E-state index in [0.717, 1.165) is 29.8 Å². The van der Waals surface area contributed by atoms with E-state index < -0.39 is 0 Å². The van der Waals surface area contributed by atoms with Crippen LogP contribution < -0.4 is 4.90 Å². The Kier molecular flexibility index (Phi) is 6.17. The van der Waals surface area contributed by atoms with Crippen molar-refractivity contribution < 1.29 is 14.3 Å². The number of carbonyl (C=O) groups is 1. The Labute approximate surface area is 160 Å². The first-order valence-corrected chi connectivity index (χ1v) is 9.73. The van der Waals surface area contributed by atoms with Crippen LogP contribution in [-0.2, 0) is 0 Å². The van der Waals surface area contributed by atoms with E-state index in [1.54, 1.807) is 6.07 Å². The maximum absolute atomic E-state index is 11.0. The topological polar surface area (TPSA) is 53.7 Å².